The maximum Gasteiger partial charge on any atom is 0.140 e. The van der Waals surface area contributed by atoms with Gasteiger partial charge in [-0.05, 0) is 23.8 Å². The molecule has 114 valence electrons. The van der Waals surface area contributed by atoms with Gasteiger partial charge in [-0.3, -0.25) is 9.69 Å². The normalized spacial score (nSPS) is 32.6. The van der Waals surface area contributed by atoms with Gasteiger partial charge in [0, 0.05) is 31.5 Å². The zero-order chi connectivity index (χ0) is 14.8. The summed E-state index contributed by atoms with van der Waals surface area (Å²) in [5, 5.41) is 0. The van der Waals surface area contributed by atoms with E-state index in [1.807, 2.05) is 0 Å². The molecular weight excluding hydrogens is 258 g/mol. The van der Waals surface area contributed by atoms with Crippen molar-refractivity contribution in [2.24, 2.45) is 23.7 Å². The van der Waals surface area contributed by atoms with Crippen molar-refractivity contribution in [3.8, 4) is 0 Å². The first-order valence-electron chi connectivity index (χ1n) is 8.50. The minimum Gasteiger partial charge on any atom is -0.299 e. The van der Waals surface area contributed by atoms with Crippen LogP contribution in [0.4, 0.5) is 0 Å². The molecule has 0 bridgehead atoms. The molecule has 0 radical (unpaired) electrons. The predicted octanol–water partition coefficient (Wildman–Crippen LogP) is 3.76. The molecule has 2 heteroatoms. The number of carbonyl (C=O) groups excluding carboxylic acids is 1. The Hall–Kier alpha value is -1.15. The smallest absolute Gasteiger partial charge is 0.140 e. The molecule has 4 atom stereocenters. The van der Waals surface area contributed by atoms with Crippen LogP contribution in [-0.4, -0.2) is 23.8 Å². The number of rotatable bonds is 5. The number of likely N-dealkylation sites (tertiary alicyclic amines) is 1. The largest absolute Gasteiger partial charge is 0.299 e. The molecule has 0 aromatic heterocycles. The number of carbonyl (C=O) groups is 1. The minimum atomic E-state index is 0.311. The van der Waals surface area contributed by atoms with Crippen LogP contribution in [0.1, 0.15) is 38.7 Å². The molecule has 0 amide bonds. The van der Waals surface area contributed by atoms with E-state index in [-0.39, 0.29) is 0 Å². The van der Waals surface area contributed by atoms with Crippen LogP contribution in [0.5, 0.6) is 0 Å². The molecule has 1 saturated heterocycles. The third kappa shape index (κ3) is 2.91. The summed E-state index contributed by atoms with van der Waals surface area (Å²) in [6.45, 7) is 7.61. The third-order valence-electron chi connectivity index (χ3n) is 5.60. The van der Waals surface area contributed by atoms with Crippen LogP contribution in [0, 0.1) is 23.7 Å². The number of hydrogen-bond donors (Lipinski definition) is 0. The SMILES string of the molecule is CCCCC1C(=O)C2CN(Cc3ccccc3)CC2C1C. The van der Waals surface area contributed by atoms with E-state index in [1.165, 1.54) is 18.4 Å². The summed E-state index contributed by atoms with van der Waals surface area (Å²) in [4.78, 5) is 15.2. The third-order valence-corrected chi connectivity index (χ3v) is 5.60. The monoisotopic (exact) mass is 285 g/mol. The molecule has 21 heavy (non-hydrogen) atoms. The molecular formula is C19H27NO. The number of ketones is 1. The summed E-state index contributed by atoms with van der Waals surface area (Å²) < 4.78 is 0. The van der Waals surface area contributed by atoms with Crippen LogP contribution >= 0.6 is 0 Å². The Balaban J connectivity index is 1.62. The highest BCUT2D eigenvalue weighted by Gasteiger charge is 2.51. The van der Waals surface area contributed by atoms with Gasteiger partial charge in [0.15, 0.2) is 0 Å². The topological polar surface area (TPSA) is 20.3 Å². The molecule has 2 fully saturated rings. The standard InChI is InChI=1S/C19H27NO/c1-3-4-10-16-14(2)17-12-20(13-18(17)19(16)21)11-15-8-6-5-7-9-15/h5-9,14,16-18H,3-4,10-13H2,1-2H3. The maximum atomic E-state index is 12.7. The molecule has 1 aliphatic carbocycles. The van der Waals surface area contributed by atoms with E-state index in [9.17, 15) is 4.79 Å². The van der Waals surface area contributed by atoms with Gasteiger partial charge in [-0.15, -0.1) is 0 Å². The average Bonchev–Trinajstić information content (AvgIpc) is 2.99. The van der Waals surface area contributed by atoms with Gasteiger partial charge in [-0.2, -0.15) is 0 Å². The quantitative estimate of drug-likeness (QED) is 0.821. The lowest BCUT2D eigenvalue weighted by molar-refractivity contribution is -0.124. The Labute approximate surface area is 128 Å². The lowest BCUT2D eigenvalue weighted by Crippen LogP contribution is -2.27. The maximum absolute atomic E-state index is 12.7. The second-order valence-corrected chi connectivity index (χ2v) is 6.96. The fourth-order valence-electron chi connectivity index (χ4n) is 4.38. The highest BCUT2D eigenvalue weighted by molar-refractivity contribution is 5.87. The zero-order valence-corrected chi connectivity index (χ0v) is 13.3. The van der Waals surface area contributed by atoms with Crippen molar-refractivity contribution >= 4 is 5.78 Å². The van der Waals surface area contributed by atoms with Gasteiger partial charge in [0.1, 0.15) is 5.78 Å². The summed E-state index contributed by atoms with van der Waals surface area (Å²) in [6.07, 6.45) is 3.52. The predicted molar refractivity (Wildman–Crippen MR) is 85.9 cm³/mol. The van der Waals surface area contributed by atoms with Crippen molar-refractivity contribution in [2.45, 2.75) is 39.7 Å². The van der Waals surface area contributed by atoms with Gasteiger partial charge in [0.2, 0.25) is 0 Å². The van der Waals surface area contributed by atoms with E-state index >= 15 is 0 Å². The summed E-state index contributed by atoms with van der Waals surface area (Å²) >= 11 is 0. The molecule has 3 rings (SSSR count). The first-order chi connectivity index (χ1) is 10.2. The van der Waals surface area contributed by atoms with Gasteiger partial charge in [0.25, 0.3) is 0 Å². The van der Waals surface area contributed by atoms with Crippen molar-refractivity contribution in [1.82, 2.24) is 4.90 Å². The second-order valence-electron chi connectivity index (χ2n) is 6.96. The highest BCUT2D eigenvalue weighted by atomic mass is 16.1. The molecule has 1 aliphatic heterocycles. The van der Waals surface area contributed by atoms with Gasteiger partial charge >= 0.3 is 0 Å². The van der Waals surface area contributed by atoms with Crippen molar-refractivity contribution in [2.75, 3.05) is 13.1 Å². The van der Waals surface area contributed by atoms with Gasteiger partial charge in [-0.1, -0.05) is 57.0 Å². The Morgan fingerprint density at radius 1 is 1.19 bits per heavy atom. The lowest BCUT2D eigenvalue weighted by atomic mass is 9.87. The molecule has 4 unspecified atom stereocenters. The highest BCUT2D eigenvalue weighted by Crippen LogP contribution is 2.45. The van der Waals surface area contributed by atoms with Crippen LogP contribution < -0.4 is 0 Å². The number of hydrogen-bond acceptors (Lipinski definition) is 2. The molecule has 1 aromatic rings. The molecule has 1 aromatic carbocycles. The van der Waals surface area contributed by atoms with E-state index in [1.54, 1.807) is 0 Å². The number of benzene rings is 1. The Morgan fingerprint density at radius 2 is 1.95 bits per heavy atom. The van der Waals surface area contributed by atoms with E-state index in [4.69, 9.17) is 0 Å². The summed E-state index contributed by atoms with van der Waals surface area (Å²) in [6, 6.07) is 10.6. The van der Waals surface area contributed by atoms with Gasteiger partial charge in [-0.25, -0.2) is 0 Å². The fraction of sp³-hybridized carbons (Fsp3) is 0.632. The minimum absolute atomic E-state index is 0.311. The van der Waals surface area contributed by atoms with E-state index in [0.29, 0.717) is 29.5 Å². The first kappa shape index (κ1) is 14.8. The molecule has 2 aliphatic rings. The molecule has 1 heterocycles. The Bertz CT molecular complexity index is 484. The number of unbranched alkanes of at least 4 members (excludes halogenated alkanes) is 1. The van der Waals surface area contributed by atoms with Crippen LogP contribution in [0.25, 0.3) is 0 Å². The van der Waals surface area contributed by atoms with Crippen LogP contribution in [-0.2, 0) is 11.3 Å². The summed E-state index contributed by atoms with van der Waals surface area (Å²) in [5.41, 5.74) is 1.36. The average molecular weight is 285 g/mol. The first-order valence-corrected chi connectivity index (χ1v) is 8.50. The van der Waals surface area contributed by atoms with E-state index < -0.39 is 0 Å². The van der Waals surface area contributed by atoms with Gasteiger partial charge in [0.05, 0.1) is 0 Å². The van der Waals surface area contributed by atoms with Crippen LogP contribution in [0.2, 0.25) is 0 Å². The summed E-state index contributed by atoms with van der Waals surface area (Å²) in [7, 11) is 0. The summed E-state index contributed by atoms with van der Waals surface area (Å²) in [5.74, 6) is 2.40. The molecule has 2 nitrogen and oxygen atoms in total. The molecule has 0 spiro atoms. The van der Waals surface area contributed by atoms with Crippen molar-refractivity contribution in [1.29, 1.82) is 0 Å². The number of nitrogens with zero attached hydrogens (tertiary/aromatic N) is 1. The molecule has 0 N–H and O–H groups in total. The van der Waals surface area contributed by atoms with Crippen LogP contribution in [0.15, 0.2) is 30.3 Å². The van der Waals surface area contributed by atoms with Crippen molar-refractivity contribution in [3.63, 3.8) is 0 Å². The Kier molecular flexibility index (Phi) is 4.44. The molecule has 1 saturated carbocycles. The van der Waals surface area contributed by atoms with Crippen molar-refractivity contribution < 1.29 is 4.79 Å². The van der Waals surface area contributed by atoms with Gasteiger partial charge < -0.3 is 0 Å². The number of Topliss-reactive ketones (excluding diaryl/α,β-unsaturated/α-hetero) is 1. The second kappa shape index (κ2) is 6.31. The van der Waals surface area contributed by atoms with Crippen LogP contribution in [0.3, 0.4) is 0 Å². The van der Waals surface area contributed by atoms with E-state index in [0.717, 1.165) is 26.1 Å². The zero-order valence-electron chi connectivity index (χ0n) is 13.3. The van der Waals surface area contributed by atoms with E-state index in [2.05, 4.69) is 49.1 Å². The lowest BCUT2D eigenvalue weighted by Gasteiger charge is -2.22. The number of fused-ring (bicyclic) bond motifs is 1. The Morgan fingerprint density at radius 3 is 2.62 bits per heavy atom. The van der Waals surface area contributed by atoms with Crippen molar-refractivity contribution in [3.05, 3.63) is 35.9 Å². The fourth-order valence-corrected chi connectivity index (χ4v) is 4.38.